The lowest BCUT2D eigenvalue weighted by Gasteiger charge is -2.47. The van der Waals surface area contributed by atoms with Gasteiger partial charge in [-0.05, 0) is 43.2 Å². The number of aromatic nitrogens is 3. The maximum absolute atomic E-state index is 14.2. The smallest absolute Gasteiger partial charge is 0.275 e. The molecule has 3 aromatic rings. The van der Waals surface area contributed by atoms with Crippen molar-refractivity contribution in [1.82, 2.24) is 20.2 Å². The lowest BCUT2D eigenvalue weighted by atomic mass is 10.0. The molecule has 3 aliphatic rings. The van der Waals surface area contributed by atoms with Crippen LogP contribution < -0.4 is 20.5 Å². The van der Waals surface area contributed by atoms with Gasteiger partial charge in [-0.15, -0.1) is 10.2 Å². The van der Waals surface area contributed by atoms with E-state index in [9.17, 15) is 18.4 Å². The van der Waals surface area contributed by atoms with Crippen LogP contribution in [0.25, 0.3) is 10.6 Å². The van der Waals surface area contributed by atoms with Gasteiger partial charge in [-0.25, -0.2) is 8.78 Å². The molecule has 1 spiro atoms. The lowest BCUT2D eigenvalue weighted by molar-refractivity contribution is 0.0802. The van der Waals surface area contributed by atoms with Gasteiger partial charge < -0.3 is 10.1 Å². The van der Waals surface area contributed by atoms with Crippen molar-refractivity contribution in [3.8, 4) is 16.3 Å². The zero-order valence-corrected chi connectivity index (χ0v) is 21.4. The van der Waals surface area contributed by atoms with Crippen LogP contribution in [0.5, 0.6) is 5.75 Å². The Labute approximate surface area is 216 Å². The van der Waals surface area contributed by atoms with E-state index in [1.807, 2.05) is 19.0 Å². The Morgan fingerprint density at radius 1 is 1.27 bits per heavy atom. The van der Waals surface area contributed by atoms with Crippen LogP contribution in [0, 0.1) is 23.5 Å². The molecule has 37 heavy (non-hydrogen) atoms. The van der Waals surface area contributed by atoms with Crippen molar-refractivity contribution in [2.45, 2.75) is 51.1 Å². The van der Waals surface area contributed by atoms with Crippen LogP contribution in [0.4, 0.5) is 8.78 Å². The Bertz CT molecular complexity index is 1460. The van der Waals surface area contributed by atoms with E-state index in [2.05, 4.69) is 15.5 Å². The molecule has 2 aromatic heterocycles. The largest absolute Gasteiger partial charge is 0.487 e. The first-order valence-corrected chi connectivity index (χ1v) is 13.4. The highest BCUT2D eigenvalue weighted by atomic mass is 32.1. The first-order valence-electron chi connectivity index (χ1n) is 12.6. The quantitative estimate of drug-likeness (QED) is 0.470. The number of unbranched alkanes of at least 4 members (excludes halogenated alkanes) is 1. The Balaban J connectivity index is 1.42. The number of hydrogen-bond donors (Lipinski definition) is 1. The number of benzene rings is 1. The number of halogens is 2. The Kier molecular flexibility index (Phi) is 5.78. The zero-order valence-electron chi connectivity index (χ0n) is 20.6. The molecule has 2 saturated carbocycles. The van der Waals surface area contributed by atoms with E-state index in [0.717, 1.165) is 49.5 Å². The van der Waals surface area contributed by atoms with Gasteiger partial charge in [0.2, 0.25) is 5.43 Å². The lowest BCUT2D eigenvalue weighted by Crippen LogP contribution is -2.68. The van der Waals surface area contributed by atoms with Crippen LogP contribution in [0.15, 0.2) is 29.2 Å². The summed E-state index contributed by atoms with van der Waals surface area (Å²) in [6, 6.07) is 3.40. The van der Waals surface area contributed by atoms with Crippen molar-refractivity contribution in [1.29, 1.82) is 0 Å². The van der Waals surface area contributed by atoms with Gasteiger partial charge in [0.15, 0.2) is 16.5 Å². The molecule has 1 N–H and O–H groups in total. The number of pyridine rings is 1. The minimum atomic E-state index is -0.662. The average Bonchev–Trinajstić information content (AvgIpc) is 3.38. The Morgan fingerprint density at radius 2 is 2.11 bits per heavy atom. The summed E-state index contributed by atoms with van der Waals surface area (Å²) in [7, 11) is 1.93. The van der Waals surface area contributed by atoms with Crippen LogP contribution in [0.2, 0.25) is 0 Å². The van der Waals surface area contributed by atoms with Crippen molar-refractivity contribution in [2.24, 2.45) is 11.8 Å². The summed E-state index contributed by atoms with van der Waals surface area (Å²) in [5.41, 5.74) is -0.198. The fraction of sp³-hybridized carbons (Fsp3) is 0.462. The Hall–Kier alpha value is -3.34. The standard InChI is InChI=1S/C26H27F2N5O3S/c1-3-4-9-36-23-21-24(35)29-26(8-7-14-10-18(14)26)32(2)33(21)13-17(22(23)34)25-31-30-20(37-25)11-15-5-6-16(27)12-19(15)28/h5-6,12-14,18H,3-4,7-11H2,1-2H3,(H,29,35)/t14-,18+,26?/m1/s1. The summed E-state index contributed by atoms with van der Waals surface area (Å²) in [5.74, 6) is -0.642. The third-order valence-corrected chi connectivity index (χ3v) is 8.78. The topological polar surface area (TPSA) is 89.3 Å². The average molecular weight is 528 g/mol. The zero-order chi connectivity index (χ0) is 25.9. The summed E-state index contributed by atoms with van der Waals surface area (Å²) in [4.78, 5) is 27.0. The number of fused-ring (bicyclic) bond motifs is 3. The van der Waals surface area contributed by atoms with Gasteiger partial charge in [-0.1, -0.05) is 30.7 Å². The molecule has 2 aliphatic carbocycles. The van der Waals surface area contributed by atoms with Gasteiger partial charge in [0.05, 0.1) is 12.2 Å². The monoisotopic (exact) mass is 527 g/mol. The predicted octanol–water partition coefficient (Wildman–Crippen LogP) is 3.85. The summed E-state index contributed by atoms with van der Waals surface area (Å²) in [6.45, 7) is 2.32. The number of amides is 1. The first kappa shape index (κ1) is 24.0. The molecule has 1 aromatic carbocycles. The van der Waals surface area contributed by atoms with E-state index in [1.54, 1.807) is 10.9 Å². The van der Waals surface area contributed by atoms with Crippen molar-refractivity contribution in [2.75, 3.05) is 18.7 Å². The van der Waals surface area contributed by atoms with Gasteiger partial charge in [-0.3, -0.25) is 19.3 Å². The molecule has 0 radical (unpaired) electrons. The second kappa shape index (κ2) is 8.90. The highest BCUT2D eigenvalue weighted by Crippen LogP contribution is 2.58. The van der Waals surface area contributed by atoms with Crippen LogP contribution >= 0.6 is 11.3 Å². The van der Waals surface area contributed by atoms with Gasteiger partial charge in [0.1, 0.15) is 22.3 Å². The van der Waals surface area contributed by atoms with Crippen molar-refractivity contribution in [3.63, 3.8) is 0 Å². The summed E-state index contributed by atoms with van der Waals surface area (Å²) in [6.07, 6.45) is 6.34. The fourth-order valence-electron chi connectivity index (χ4n) is 5.72. The van der Waals surface area contributed by atoms with E-state index in [1.165, 1.54) is 12.1 Å². The molecular formula is C26H27F2N5O3S. The first-order chi connectivity index (χ1) is 17.8. The van der Waals surface area contributed by atoms with Crippen molar-refractivity contribution < 1.29 is 18.3 Å². The molecule has 1 unspecified atom stereocenters. The van der Waals surface area contributed by atoms with E-state index < -0.39 is 22.7 Å². The van der Waals surface area contributed by atoms with E-state index >= 15 is 0 Å². The molecule has 11 heteroatoms. The minimum absolute atomic E-state index is 0.00294. The number of rotatable bonds is 7. The summed E-state index contributed by atoms with van der Waals surface area (Å²) >= 11 is 1.16. The molecule has 6 rings (SSSR count). The maximum Gasteiger partial charge on any atom is 0.275 e. The number of carbonyl (C=O) groups is 1. The molecule has 0 bridgehead atoms. The molecule has 3 heterocycles. The molecule has 2 fully saturated rings. The second-order valence-corrected chi connectivity index (χ2v) is 11.1. The normalized spacial score (nSPS) is 23.7. The van der Waals surface area contributed by atoms with E-state index in [0.29, 0.717) is 28.5 Å². The number of hydrogen-bond acceptors (Lipinski definition) is 7. The van der Waals surface area contributed by atoms with Crippen LogP contribution in [-0.2, 0) is 6.42 Å². The van der Waals surface area contributed by atoms with Gasteiger partial charge >= 0.3 is 0 Å². The molecular weight excluding hydrogens is 500 g/mol. The van der Waals surface area contributed by atoms with Gasteiger partial charge in [0, 0.05) is 31.6 Å². The minimum Gasteiger partial charge on any atom is -0.487 e. The van der Waals surface area contributed by atoms with Gasteiger partial charge in [0.25, 0.3) is 5.91 Å². The van der Waals surface area contributed by atoms with E-state index in [4.69, 9.17) is 4.74 Å². The Morgan fingerprint density at radius 3 is 2.81 bits per heavy atom. The van der Waals surface area contributed by atoms with Crippen LogP contribution in [0.3, 0.4) is 0 Å². The number of nitrogens with zero attached hydrogens (tertiary/aromatic N) is 4. The molecule has 0 saturated heterocycles. The predicted molar refractivity (Wildman–Crippen MR) is 134 cm³/mol. The van der Waals surface area contributed by atoms with Crippen molar-refractivity contribution in [3.05, 3.63) is 62.5 Å². The molecule has 3 atom stereocenters. The van der Waals surface area contributed by atoms with E-state index in [-0.39, 0.29) is 34.9 Å². The second-order valence-electron chi connectivity index (χ2n) is 10.1. The van der Waals surface area contributed by atoms with Crippen LogP contribution in [0.1, 0.15) is 60.1 Å². The molecule has 8 nitrogen and oxygen atoms in total. The van der Waals surface area contributed by atoms with Crippen LogP contribution in [-0.4, -0.2) is 40.1 Å². The molecule has 194 valence electrons. The molecule has 1 aliphatic heterocycles. The highest BCUT2D eigenvalue weighted by Gasteiger charge is 2.62. The van der Waals surface area contributed by atoms with Crippen molar-refractivity contribution >= 4 is 17.2 Å². The summed E-state index contributed by atoms with van der Waals surface area (Å²) < 4.78 is 35.1. The maximum atomic E-state index is 14.2. The SMILES string of the molecule is CCCCOc1c2n(cc(-c3nnc(Cc4ccc(F)cc4F)s3)c1=O)N(C)C1(CC[C@@H]3C[C@@H]31)NC2=O. The highest BCUT2D eigenvalue weighted by molar-refractivity contribution is 7.14. The third kappa shape index (κ3) is 3.91. The van der Waals surface area contributed by atoms with Gasteiger partial charge in [-0.2, -0.15) is 0 Å². The number of carbonyl (C=O) groups excluding carboxylic acids is 1. The molecule has 1 amide bonds. The number of nitrogens with one attached hydrogen (secondary N) is 1. The fourth-order valence-corrected chi connectivity index (χ4v) is 6.59. The number of ether oxygens (including phenoxy) is 1. The summed E-state index contributed by atoms with van der Waals surface area (Å²) in [5, 5.41) is 14.4. The third-order valence-electron chi connectivity index (χ3n) is 7.82.